The summed E-state index contributed by atoms with van der Waals surface area (Å²) < 4.78 is 13.1. The molecule has 0 aliphatic carbocycles. The van der Waals surface area contributed by atoms with Crippen molar-refractivity contribution in [1.82, 2.24) is 20.9 Å². The molecule has 2 aromatic carbocycles. The summed E-state index contributed by atoms with van der Waals surface area (Å²) in [5.41, 5.74) is 9.74. The Hall–Kier alpha value is -1.80. The number of nitrogens with zero attached hydrogens (tertiary/aromatic N) is 2. The molecule has 0 amide bonds. The third-order valence-corrected chi connectivity index (χ3v) is 5.40. The summed E-state index contributed by atoms with van der Waals surface area (Å²) in [6, 6.07) is 21.2. The Morgan fingerprint density at radius 3 is 1.39 bits per heavy atom. The summed E-state index contributed by atoms with van der Waals surface area (Å²) in [4.78, 5) is 0. The van der Waals surface area contributed by atoms with E-state index in [0.717, 1.165) is 12.8 Å². The van der Waals surface area contributed by atoms with Gasteiger partial charge in [-0.1, -0.05) is 60.7 Å². The van der Waals surface area contributed by atoms with Gasteiger partial charge in [0.15, 0.2) is 5.79 Å². The molecule has 2 N–H and O–H groups in total. The van der Waals surface area contributed by atoms with Crippen LogP contribution in [0, 0.1) is 0 Å². The Bertz CT molecular complexity index is 717. The Labute approximate surface area is 187 Å². The SMILES string of the molecule is CN(C)N[C@@H](Cc1ccccc1)[C@H]1OC(C)(C)O[C@@H]1[C@H](Cc1ccccc1)NN(C)C. The molecule has 1 saturated heterocycles. The first-order valence-corrected chi connectivity index (χ1v) is 11.0. The molecule has 0 radical (unpaired) electrons. The topological polar surface area (TPSA) is 49.0 Å². The van der Waals surface area contributed by atoms with E-state index in [-0.39, 0.29) is 24.3 Å². The van der Waals surface area contributed by atoms with Gasteiger partial charge in [-0.05, 0) is 37.8 Å². The fourth-order valence-electron chi connectivity index (χ4n) is 4.31. The van der Waals surface area contributed by atoms with Crippen molar-refractivity contribution in [2.24, 2.45) is 0 Å². The van der Waals surface area contributed by atoms with Crippen molar-refractivity contribution in [3.8, 4) is 0 Å². The van der Waals surface area contributed by atoms with E-state index in [4.69, 9.17) is 9.47 Å². The minimum absolute atomic E-state index is 0.0615. The molecule has 1 heterocycles. The van der Waals surface area contributed by atoms with Crippen LogP contribution in [0.1, 0.15) is 25.0 Å². The van der Waals surface area contributed by atoms with Crippen LogP contribution >= 0.6 is 0 Å². The Balaban J connectivity index is 1.89. The maximum absolute atomic E-state index is 6.53. The van der Waals surface area contributed by atoms with Gasteiger partial charge >= 0.3 is 0 Å². The minimum atomic E-state index is -0.652. The second-order valence-corrected chi connectivity index (χ2v) is 9.20. The molecule has 6 nitrogen and oxygen atoms in total. The smallest absolute Gasteiger partial charge is 0.163 e. The molecule has 170 valence electrons. The summed E-state index contributed by atoms with van der Waals surface area (Å²) in [6.07, 6.45) is 1.44. The van der Waals surface area contributed by atoms with Gasteiger partial charge in [0.25, 0.3) is 0 Å². The van der Waals surface area contributed by atoms with Gasteiger partial charge < -0.3 is 9.47 Å². The first-order chi connectivity index (χ1) is 14.7. The van der Waals surface area contributed by atoms with E-state index in [1.165, 1.54) is 11.1 Å². The van der Waals surface area contributed by atoms with E-state index in [2.05, 4.69) is 71.5 Å². The number of rotatable bonds is 10. The molecule has 4 atom stereocenters. The number of hydrogen-bond acceptors (Lipinski definition) is 6. The standard InChI is InChI=1S/C25H38N4O2/c1-25(2)30-23(21(26-28(3)4)17-19-13-9-7-10-14-19)24(31-25)22(27-29(5)6)18-20-15-11-8-12-16-20/h7-16,21-24,26-27H,17-18H2,1-6H3/t21-,22-,23+,24+/m0/s1. The number of hydrogen-bond donors (Lipinski definition) is 2. The zero-order valence-corrected chi connectivity index (χ0v) is 19.7. The van der Waals surface area contributed by atoms with Gasteiger partial charge in [-0.25, -0.2) is 10.9 Å². The molecular formula is C25H38N4O2. The lowest BCUT2D eigenvalue weighted by molar-refractivity contribution is -0.152. The molecule has 0 aromatic heterocycles. The van der Waals surface area contributed by atoms with Crippen LogP contribution in [-0.4, -0.2) is 68.3 Å². The van der Waals surface area contributed by atoms with Gasteiger partial charge in [-0.2, -0.15) is 0 Å². The fourth-order valence-corrected chi connectivity index (χ4v) is 4.31. The van der Waals surface area contributed by atoms with Crippen molar-refractivity contribution in [2.45, 2.75) is 56.8 Å². The summed E-state index contributed by atoms with van der Waals surface area (Å²) in [7, 11) is 8.09. The van der Waals surface area contributed by atoms with Crippen molar-refractivity contribution in [1.29, 1.82) is 0 Å². The highest BCUT2D eigenvalue weighted by atomic mass is 16.8. The van der Waals surface area contributed by atoms with E-state index in [1.807, 2.05) is 52.1 Å². The monoisotopic (exact) mass is 426 g/mol. The molecule has 0 saturated carbocycles. The second-order valence-electron chi connectivity index (χ2n) is 9.20. The van der Waals surface area contributed by atoms with Crippen LogP contribution in [0.4, 0.5) is 0 Å². The summed E-state index contributed by atoms with van der Waals surface area (Å²) in [5, 5.41) is 4.01. The van der Waals surface area contributed by atoms with Gasteiger partial charge in [0, 0.05) is 28.2 Å². The first kappa shape index (κ1) is 23.9. The van der Waals surface area contributed by atoms with Gasteiger partial charge in [0.2, 0.25) is 0 Å². The maximum atomic E-state index is 6.53. The van der Waals surface area contributed by atoms with Crippen LogP contribution in [0.5, 0.6) is 0 Å². The lowest BCUT2D eigenvalue weighted by Gasteiger charge is -2.35. The zero-order valence-electron chi connectivity index (χ0n) is 19.7. The third-order valence-electron chi connectivity index (χ3n) is 5.40. The van der Waals surface area contributed by atoms with E-state index in [1.54, 1.807) is 0 Å². The molecule has 31 heavy (non-hydrogen) atoms. The molecule has 1 aliphatic heterocycles. The number of ether oxygens (including phenoxy) is 2. The second kappa shape index (κ2) is 10.7. The van der Waals surface area contributed by atoms with Gasteiger partial charge in [0.05, 0.1) is 12.1 Å². The molecule has 0 bridgehead atoms. The fraction of sp³-hybridized carbons (Fsp3) is 0.520. The Kier molecular flexibility index (Phi) is 8.22. The van der Waals surface area contributed by atoms with Crippen LogP contribution in [0.3, 0.4) is 0 Å². The van der Waals surface area contributed by atoms with E-state index >= 15 is 0 Å². The average molecular weight is 427 g/mol. The van der Waals surface area contributed by atoms with Crippen LogP contribution in [0.15, 0.2) is 60.7 Å². The Morgan fingerprint density at radius 1 is 0.710 bits per heavy atom. The number of nitrogens with one attached hydrogen (secondary N) is 2. The van der Waals surface area contributed by atoms with Crippen molar-refractivity contribution < 1.29 is 9.47 Å². The predicted molar refractivity (Wildman–Crippen MR) is 125 cm³/mol. The highest BCUT2D eigenvalue weighted by molar-refractivity contribution is 5.19. The van der Waals surface area contributed by atoms with Crippen LogP contribution in [-0.2, 0) is 22.3 Å². The van der Waals surface area contributed by atoms with E-state index in [9.17, 15) is 0 Å². The quantitative estimate of drug-likeness (QED) is 0.570. The highest BCUT2D eigenvalue weighted by Crippen LogP contribution is 2.33. The Morgan fingerprint density at radius 2 is 1.06 bits per heavy atom. The molecule has 6 heteroatoms. The molecule has 3 rings (SSSR count). The summed E-state index contributed by atoms with van der Waals surface area (Å²) in [6.45, 7) is 4.01. The molecule has 0 spiro atoms. The van der Waals surface area contributed by atoms with Crippen molar-refractivity contribution in [2.75, 3.05) is 28.2 Å². The normalized spacial score (nSPS) is 22.7. The predicted octanol–water partition coefficient (Wildman–Crippen LogP) is 2.86. The zero-order chi connectivity index (χ0) is 22.4. The molecule has 0 unspecified atom stereocenters. The van der Waals surface area contributed by atoms with E-state index < -0.39 is 5.79 Å². The van der Waals surface area contributed by atoms with Crippen molar-refractivity contribution in [3.05, 3.63) is 71.8 Å². The maximum Gasteiger partial charge on any atom is 0.163 e. The van der Waals surface area contributed by atoms with Gasteiger partial charge in [-0.15, -0.1) is 0 Å². The molecular weight excluding hydrogens is 388 g/mol. The summed E-state index contributed by atoms with van der Waals surface area (Å²) in [5.74, 6) is -0.652. The molecule has 2 aromatic rings. The van der Waals surface area contributed by atoms with Crippen LogP contribution in [0.2, 0.25) is 0 Å². The van der Waals surface area contributed by atoms with Crippen LogP contribution < -0.4 is 10.9 Å². The van der Waals surface area contributed by atoms with E-state index in [0.29, 0.717) is 0 Å². The van der Waals surface area contributed by atoms with Crippen molar-refractivity contribution >= 4 is 0 Å². The number of hydrazine groups is 2. The van der Waals surface area contributed by atoms with Gasteiger partial charge in [0.1, 0.15) is 12.2 Å². The lowest BCUT2D eigenvalue weighted by Crippen LogP contribution is -2.58. The highest BCUT2D eigenvalue weighted by Gasteiger charge is 2.48. The lowest BCUT2D eigenvalue weighted by atomic mass is 9.92. The third kappa shape index (κ3) is 7.10. The van der Waals surface area contributed by atoms with Crippen LogP contribution in [0.25, 0.3) is 0 Å². The largest absolute Gasteiger partial charge is 0.343 e. The minimum Gasteiger partial charge on any atom is -0.343 e. The van der Waals surface area contributed by atoms with Crippen molar-refractivity contribution in [3.63, 3.8) is 0 Å². The summed E-state index contributed by atoms with van der Waals surface area (Å²) >= 11 is 0. The average Bonchev–Trinajstić information content (AvgIpc) is 3.03. The first-order valence-electron chi connectivity index (χ1n) is 11.0. The molecule has 1 aliphatic rings. The van der Waals surface area contributed by atoms with Gasteiger partial charge in [-0.3, -0.25) is 10.0 Å². The number of benzene rings is 2. The molecule has 1 fully saturated rings.